The molecule has 18 heavy (non-hydrogen) atoms. The van der Waals surface area contributed by atoms with E-state index in [9.17, 15) is 0 Å². The van der Waals surface area contributed by atoms with Gasteiger partial charge in [-0.25, -0.2) is 15.0 Å². The summed E-state index contributed by atoms with van der Waals surface area (Å²) in [6.45, 7) is 0.907. The maximum absolute atomic E-state index is 4.42. The van der Waals surface area contributed by atoms with Gasteiger partial charge in [0.05, 0.1) is 0 Å². The van der Waals surface area contributed by atoms with Gasteiger partial charge in [-0.05, 0) is 42.3 Å². The molecule has 0 saturated heterocycles. The van der Waals surface area contributed by atoms with Crippen molar-refractivity contribution in [2.45, 2.75) is 35.6 Å². The van der Waals surface area contributed by atoms with Gasteiger partial charge in [-0.1, -0.05) is 6.07 Å². The van der Waals surface area contributed by atoms with Crippen molar-refractivity contribution in [2.24, 2.45) is 0 Å². The minimum absolute atomic E-state index is 0.730. The van der Waals surface area contributed by atoms with E-state index in [1.165, 1.54) is 30.2 Å². The van der Waals surface area contributed by atoms with E-state index in [-0.39, 0.29) is 0 Å². The summed E-state index contributed by atoms with van der Waals surface area (Å²) in [5.41, 5.74) is 1.22. The molecule has 1 N–H and O–H groups in total. The van der Waals surface area contributed by atoms with Gasteiger partial charge in [0, 0.05) is 31.2 Å². The second-order valence-electron chi connectivity index (χ2n) is 4.29. The van der Waals surface area contributed by atoms with Gasteiger partial charge in [0.1, 0.15) is 5.03 Å². The van der Waals surface area contributed by atoms with Crippen molar-refractivity contribution < 1.29 is 0 Å². The number of nitrogens with one attached hydrogen (secondary N) is 1. The number of pyridine rings is 1. The minimum Gasteiger partial charge on any atom is -0.310 e. The molecule has 0 aromatic carbocycles. The van der Waals surface area contributed by atoms with E-state index in [4.69, 9.17) is 0 Å². The van der Waals surface area contributed by atoms with Crippen LogP contribution in [0.1, 0.15) is 18.4 Å². The summed E-state index contributed by atoms with van der Waals surface area (Å²) >= 11 is 1.48. The van der Waals surface area contributed by atoms with Crippen LogP contribution in [0.5, 0.6) is 0 Å². The zero-order valence-corrected chi connectivity index (χ0v) is 10.7. The Kier molecular flexibility index (Phi) is 3.52. The van der Waals surface area contributed by atoms with Crippen LogP contribution in [0.2, 0.25) is 0 Å². The molecule has 2 aromatic rings. The number of hydrogen-bond acceptors (Lipinski definition) is 5. The van der Waals surface area contributed by atoms with Crippen molar-refractivity contribution in [3.63, 3.8) is 0 Å². The molecule has 1 aliphatic rings. The molecule has 0 unspecified atom stereocenters. The van der Waals surface area contributed by atoms with E-state index in [1.807, 2.05) is 18.3 Å². The van der Waals surface area contributed by atoms with Crippen molar-refractivity contribution in [2.75, 3.05) is 0 Å². The summed E-state index contributed by atoms with van der Waals surface area (Å²) in [5.74, 6) is 0. The summed E-state index contributed by atoms with van der Waals surface area (Å²) < 4.78 is 0. The first-order chi connectivity index (χ1) is 8.90. The molecule has 1 saturated carbocycles. The van der Waals surface area contributed by atoms with Crippen LogP contribution in [0, 0.1) is 0 Å². The highest BCUT2D eigenvalue weighted by atomic mass is 32.2. The quantitative estimate of drug-likeness (QED) is 0.834. The Balaban J connectivity index is 1.59. The number of aromatic nitrogens is 3. The Bertz CT molecular complexity index is 496. The fourth-order valence-corrected chi connectivity index (χ4v) is 2.21. The van der Waals surface area contributed by atoms with Crippen molar-refractivity contribution >= 4 is 11.8 Å². The van der Waals surface area contributed by atoms with Crippen LogP contribution in [0.15, 0.2) is 47.0 Å². The summed E-state index contributed by atoms with van der Waals surface area (Å²) in [6.07, 6.45) is 8.02. The summed E-state index contributed by atoms with van der Waals surface area (Å²) in [6, 6.07) is 6.67. The molecular formula is C13H14N4S. The van der Waals surface area contributed by atoms with Crippen molar-refractivity contribution in [1.29, 1.82) is 0 Å². The first-order valence-electron chi connectivity index (χ1n) is 6.03. The number of hydrogen-bond donors (Lipinski definition) is 1. The lowest BCUT2D eigenvalue weighted by Crippen LogP contribution is -2.15. The van der Waals surface area contributed by atoms with E-state index in [1.54, 1.807) is 12.4 Å². The molecule has 0 aliphatic heterocycles. The Morgan fingerprint density at radius 2 is 2.00 bits per heavy atom. The molecule has 3 rings (SSSR count). The second kappa shape index (κ2) is 5.46. The Hall–Kier alpha value is -1.46. The molecule has 2 heterocycles. The molecule has 1 aliphatic carbocycles. The molecule has 4 nitrogen and oxygen atoms in total. The monoisotopic (exact) mass is 258 g/mol. The smallest absolute Gasteiger partial charge is 0.193 e. The molecule has 0 atom stereocenters. The zero-order valence-electron chi connectivity index (χ0n) is 9.91. The topological polar surface area (TPSA) is 50.7 Å². The van der Waals surface area contributed by atoms with E-state index < -0.39 is 0 Å². The predicted molar refractivity (Wildman–Crippen MR) is 70.3 cm³/mol. The first-order valence-corrected chi connectivity index (χ1v) is 6.85. The van der Waals surface area contributed by atoms with Crippen LogP contribution >= 0.6 is 11.8 Å². The summed E-state index contributed by atoms with van der Waals surface area (Å²) in [5, 5.41) is 5.13. The van der Waals surface area contributed by atoms with Crippen molar-refractivity contribution in [3.8, 4) is 0 Å². The van der Waals surface area contributed by atoms with Crippen LogP contribution in [-0.2, 0) is 6.54 Å². The highest BCUT2D eigenvalue weighted by Gasteiger charge is 2.19. The third-order valence-corrected chi connectivity index (χ3v) is 3.55. The highest BCUT2D eigenvalue weighted by Crippen LogP contribution is 2.22. The van der Waals surface area contributed by atoms with E-state index in [0.29, 0.717) is 0 Å². The standard InChI is InChI=1S/C13H14N4S/c1-6-14-13(15-7-1)18-12-5-2-10(9-17-12)8-16-11-3-4-11/h1-2,5-7,9,11,16H,3-4,8H2. The van der Waals surface area contributed by atoms with Crippen LogP contribution in [0.4, 0.5) is 0 Å². The maximum Gasteiger partial charge on any atom is 0.193 e. The molecule has 0 bridgehead atoms. The SMILES string of the molecule is c1cnc(Sc2ccc(CNC3CC3)cn2)nc1. The van der Waals surface area contributed by atoms with Crippen LogP contribution < -0.4 is 5.32 Å². The van der Waals surface area contributed by atoms with Gasteiger partial charge in [-0.2, -0.15) is 0 Å². The molecule has 2 aromatic heterocycles. The summed E-state index contributed by atoms with van der Waals surface area (Å²) in [7, 11) is 0. The average Bonchev–Trinajstić information content (AvgIpc) is 3.23. The van der Waals surface area contributed by atoms with E-state index in [0.717, 1.165) is 22.8 Å². The van der Waals surface area contributed by atoms with Gasteiger partial charge >= 0.3 is 0 Å². The number of nitrogens with zero attached hydrogens (tertiary/aromatic N) is 3. The van der Waals surface area contributed by atoms with Crippen molar-refractivity contribution in [1.82, 2.24) is 20.3 Å². The van der Waals surface area contributed by atoms with Crippen LogP contribution in [0.25, 0.3) is 0 Å². The molecule has 92 valence electrons. The molecular weight excluding hydrogens is 244 g/mol. The minimum atomic E-state index is 0.730. The Morgan fingerprint density at radius 3 is 2.67 bits per heavy atom. The van der Waals surface area contributed by atoms with Gasteiger partial charge in [0.15, 0.2) is 5.16 Å². The average molecular weight is 258 g/mol. The van der Waals surface area contributed by atoms with Crippen LogP contribution in [0.3, 0.4) is 0 Å². The third kappa shape index (κ3) is 3.27. The lowest BCUT2D eigenvalue weighted by atomic mass is 10.3. The van der Waals surface area contributed by atoms with Gasteiger partial charge in [-0.3, -0.25) is 0 Å². The lowest BCUT2D eigenvalue weighted by molar-refractivity contribution is 0.685. The zero-order chi connectivity index (χ0) is 12.2. The van der Waals surface area contributed by atoms with Gasteiger partial charge in [0.25, 0.3) is 0 Å². The summed E-state index contributed by atoms with van der Waals surface area (Å²) in [4.78, 5) is 12.7. The fourth-order valence-electron chi connectivity index (χ4n) is 1.56. The normalized spacial score (nSPS) is 14.7. The van der Waals surface area contributed by atoms with Gasteiger partial charge in [0.2, 0.25) is 0 Å². The van der Waals surface area contributed by atoms with Crippen molar-refractivity contribution in [3.05, 3.63) is 42.4 Å². The van der Waals surface area contributed by atoms with Crippen LogP contribution in [-0.4, -0.2) is 21.0 Å². The first kappa shape index (κ1) is 11.6. The maximum atomic E-state index is 4.42. The largest absolute Gasteiger partial charge is 0.310 e. The molecule has 0 spiro atoms. The lowest BCUT2D eigenvalue weighted by Gasteiger charge is -2.03. The Labute approximate surface area is 110 Å². The Morgan fingerprint density at radius 1 is 1.17 bits per heavy atom. The predicted octanol–water partition coefficient (Wildman–Crippen LogP) is 2.27. The second-order valence-corrected chi connectivity index (χ2v) is 5.28. The third-order valence-electron chi connectivity index (χ3n) is 2.71. The van der Waals surface area contributed by atoms with E-state index in [2.05, 4.69) is 26.3 Å². The molecule has 0 radical (unpaired) electrons. The van der Waals surface area contributed by atoms with Gasteiger partial charge < -0.3 is 5.32 Å². The fraction of sp³-hybridized carbons (Fsp3) is 0.308. The van der Waals surface area contributed by atoms with Gasteiger partial charge in [-0.15, -0.1) is 0 Å². The molecule has 1 fully saturated rings. The molecule has 5 heteroatoms. The van der Waals surface area contributed by atoms with E-state index >= 15 is 0 Å². The molecule has 0 amide bonds. The number of rotatable bonds is 5. The highest BCUT2D eigenvalue weighted by molar-refractivity contribution is 7.99.